The molecule has 5 heteroatoms. The Morgan fingerprint density at radius 3 is 1.54 bits per heavy atom. The van der Waals surface area contributed by atoms with Crippen LogP contribution >= 0.6 is 0 Å². The summed E-state index contributed by atoms with van der Waals surface area (Å²) in [6, 6.07) is 66.2. The summed E-state index contributed by atoms with van der Waals surface area (Å²) in [7, 11) is 0. The molecule has 5 nitrogen and oxygen atoms in total. The maximum Gasteiger partial charge on any atom is 0.238 e. The number of hydrogen-bond acceptors (Lipinski definition) is 3. The monoisotopic (exact) mass is 689 g/mol. The van der Waals surface area contributed by atoms with E-state index in [0.717, 1.165) is 44.3 Å². The third kappa shape index (κ3) is 4.69. The average molecular weight is 690 g/mol. The Balaban J connectivity index is 1.27. The Morgan fingerprint density at radius 1 is 0.315 bits per heavy atom. The maximum absolute atomic E-state index is 5.19. The third-order valence-electron chi connectivity index (χ3n) is 10.6. The highest BCUT2D eigenvalue weighted by atomic mass is 15.2. The van der Waals surface area contributed by atoms with Gasteiger partial charge in [0.25, 0.3) is 0 Å². The molecule has 0 saturated heterocycles. The van der Waals surface area contributed by atoms with Gasteiger partial charge in [0.2, 0.25) is 5.95 Å². The largest absolute Gasteiger partial charge is 0.309 e. The van der Waals surface area contributed by atoms with Gasteiger partial charge in [0.1, 0.15) is 0 Å². The lowest BCUT2D eigenvalue weighted by molar-refractivity contribution is 0.953. The molecule has 0 radical (unpaired) electrons. The van der Waals surface area contributed by atoms with Crippen molar-refractivity contribution in [1.82, 2.24) is 24.1 Å². The first kappa shape index (κ1) is 30.3. The van der Waals surface area contributed by atoms with Gasteiger partial charge in [-0.15, -0.1) is 0 Å². The number of rotatable bonds is 5. The van der Waals surface area contributed by atoms with Gasteiger partial charge in [-0.25, -0.2) is 4.98 Å². The van der Waals surface area contributed by atoms with Crippen LogP contribution in [0.2, 0.25) is 0 Å². The van der Waals surface area contributed by atoms with Crippen molar-refractivity contribution in [1.29, 1.82) is 0 Å². The molecule has 54 heavy (non-hydrogen) atoms. The van der Waals surface area contributed by atoms with Gasteiger partial charge in [-0.05, 0) is 58.3 Å². The van der Waals surface area contributed by atoms with Crippen LogP contribution < -0.4 is 0 Å². The zero-order valence-electron chi connectivity index (χ0n) is 29.1. The van der Waals surface area contributed by atoms with E-state index in [4.69, 9.17) is 15.0 Å². The van der Waals surface area contributed by atoms with Crippen LogP contribution in [-0.4, -0.2) is 24.1 Å². The average Bonchev–Trinajstić information content (AvgIpc) is 3.78. The first-order chi connectivity index (χ1) is 26.8. The Bertz CT molecular complexity index is 3140. The fraction of sp³-hybridized carbons (Fsp3) is 0. The Kier molecular flexibility index (Phi) is 6.79. The molecule has 11 aromatic rings. The molecule has 0 aliphatic rings. The second-order valence-corrected chi connectivity index (χ2v) is 13.7. The van der Waals surface area contributed by atoms with Crippen molar-refractivity contribution in [3.8, 4) is 45.5 Å². The van der Waals surface area contributed by atoms with Gasteiger partial charge in [0, 0.05) is 38.4 Å². The van der Waals surface area contributed by atoms with E-state index in [1.165, 1.54) is 38.1 Å². The van der Waals surface area contributed by atoms with Crippen molar-refractivity contribution in [2.75, 3.05) is 0 Å². The van der Waals surface area contributed by atoms with Crippen molar-refractivity contribution in [3.63, 3.8) is 0 Å². The molecular weight excluding hydrogens is 659 g/mol. The summed E-state index contributed by atoms with van der Waals surface area (Å²) < 4.78 is 4.65. The van der Waals surface area contributed by atoms with E-state index in [2.05, 4.69) is 161 Å². The molecule has 0 bridgehead atoms. The maximum atomic E-state index is 5.19. The van der Waals surface area contributed by atoms with E-state index in [1.54, 1.807) is 0 Å². The van der Waals surface area contributed by atoms with Gasteiger partial charge in [-0.2, -0.15) is 9.97 Å². The summed E-state index contributed by atoms with van der Waals surface area (Å²) in [5, 5.41) is 7.18. The Morgan fingerprint density at radius 2 is 0.833 bits per heavy atom. The molecule has 0 aliphatic carbocycles. The molecule has 0 saturated carbocycles. The van der Waals surface area contributed by atoms with Crippen LogP contribution in [0.3, 0.4) is 0 Å². The highest BCUT2D eigenvalue weighted by Gasteiger charge is 2.23. The minimum atomic E-state index is 0.581. The number of aromatic nitrogens is 5. The van der Waals surface area contributed by atoms with Crippen molar-refractivity contribution in [3.05, 3.63) is 188 Å². The molecule has 0 unspecified atom stereocenters. The normalized spacial score (nSPS) is 11.7. The lowest BCUT2D eigenvalue weighted by Gasteiger charge is -2.11. The van der Waals surface area contributed by atoms with Gasteiger partial charge in [0.15, 0.2) is 11.6 Å². The molecule has 0 amide bonds. The molecule has 0 atom stereocenters. The molecule has 0 aliphatic heterocycles. The van der Waals surface area contributed by atoms with Gasteiger partial charge < -0.3 is 4.57 Å². The van der Waals surface area contributed by atoms with Crippen LogP contribution in [0.1, 0.15) is 0 Å². The number of nitrogens with zero attached hydrogens (tertiary/aromatic N) is 5. The van der Waals surface area contributed by atoms with Gasteiger partial charge in [-0.1, -0.05) is 152 Å². The topological polar surface area (TPSA) is 48.5 Å². The second kappa shape index (κ2) is 12.1. The molecule has 0 fully saturated rings. The number of fused-ring (bicyclic) bond motifs is 9. The van der Waals surface area contributed by atoms with Crippen LogP contribution in [0.25, 0.3) is 99.9 Å². The summed E-state index contributed by atoms with van der Waals surface area (Å²) in [5.74, 6) is 1.84. The first-order valence-corrected chi connectivity index (χ1v) is 18.2. The number of para-hydroxylation sites is 1. The predicted octanol–water partition coefficient (Wildman–Crippen LogP) is 12.2. The third-order valence-corrected chi connectivity index (χ3v) is 10.6. The first-order valence-electron chi connectivity index (χ1n) is 18.2. The molecular formula is C49H31N5. The Hall–Kier alpha value is -7.37. The second-order valence-electron chi connectivity index (χ2n) is 13.7. The molecule has 8 aromatic carbocycles. The summed E-state index contributed by atoms with van der Waals surface area (Å²) >= 11 is 0. The highest BCUT2D eigenvalue weighted by molar-refractivity contribution is 6.33. The smallest absolute Gasteiger partial charge is 0.238 e. The van der Waals surface area contributed by atoms with Crippen LogP contribution in [0.5, 0.6) is 0 Å². The minimum Gasteiger partial charge on any atom is -0.309 e. The number of benzene rings is 8. The molecule has 3 aromatic heterocycles. The van der Waals surface area contributed by atoms with Crippen molar-refractivity contribution in [2.45, 2.75) is 0 Å². The van der Waals surface area contributed by atoms with E-state index in [0.29, 0.717) is 17.6 Å². The Labute approximate surface area is 311 Å². The van der Waals surface area contributed by atoms with E-state index in [1.807, 2.05) is 36.4 Å². The van der Waals surface area contributed by atoms with Gasteiger partial charge in [-0.3, -0.25) is 4.57 Å². The lowest BCUT2D eigenvalue weighted by atomic mass is 10.0. The van der Waals surface area contributed by atoms with Gasteiger partial charge in [0.05, 0.1) is 22.1 Å². The molecule has 0 N–H and O–H groups in total. The highest BCUT2D eigenvalue weighted by Crippen LogP contribution is 2.44. The van der Waals surface area contributed by atoms with Crippen LogP contribution in [0, 0.1) is 0 Å². The summed E-state index contributed by atoms with van der Waals surface area (Å²) in [6.45, 7) is 0. The molecule has 11 rings (SSSR count). The summed E-state index contributed by atoms with van der Waals surface area (Å²) in [6.07, 6.45) is 0. The SMILES string of the molecule is c1ccc(-c2cccc(-n3c4ccc5ccccc5c4c4c5c6ccccc6n(-c6nc(-c7ccccc7)nc(-c7ccccc7)n6)c5ccc43)c2)cc1. The van der Waals surface area contributed by atoms with Crippen LogP contribution in [-0.2, 0) is 0 Å². The van der Waals surface area contributed by atoms with E-state index in [9.17, 15) is 0 Å². The van der Waals surface area contributed by atoms with Crippen LogP contribution in [0.15, 0.2) is 188 Å². The van der Waals surface area contributed by atoms with Crippen molar-refractivity contribution >= 4 is 54.4 Å². The predicted molar refractivity (Wildman–Crippen MR) is 222 cm³/mol. The van der Waals surface area contributed by atoms with Gasteiger partial charge >= 0.3 is 0 Å². The summed E-state index contributed by atoms with van der Waals surface area (Å²) in [5.41, 5.74) is 9.76. The fourth-order valence-electron chi connectivity index (χ4n) is 8.17. The quantitative estimate of drug-likeness (QED) is 0.181. The van der Waals surface area contributed by atoms with Crippen LogP contribution in [0.4, 0.5) is 0 Å². The fourth-order valence-corrected chi connectivity index (χ4v) is 8.17. The molecule has 3 heterocycles. The molecule has 252 valence electrons. The van der Waals surface area contributed by atoms with Crippen molar-refractivity contribution in [2.24, 2.45) is 0 Å². The zero-order chi connectivity index (χ0) is 35.6. The number of hydrogen-bond donors (Lipinski definition) is 0. The zero-order valence-corrected chi connectivity index (χ0v) is 29.1. The lowest BCUT2D eigenvalue weighted by Crippen LogP contribution is -2.06. The van der Waals surface area contributed by atoms with E-state index >= 15 is 0 Å². The van der Waals surface area contributed by atoms with E-state index in [-0.39, 0.29) is 0 Å². The van der Waals surface area contributed by atoms with Crippen molar-refractivity contribution < 1.29 is 0 Å². The summed E-state index contributed by atoms with van der Waals surface area (Å²) in [4.78, 5) is 15.4. The minimum absolute atomic E-state index is 0.581. The standard InChI is InChI=1S/C49H31N5/c1-4-15-32(16-5-1)36-22-14-23-37(31-36)53-41-28-27-33-17-10-11-24-38(33)44(41)46-43(53)30-29-42-45(46)39-25-12-13-26-40(39)54(42)49-51-47(34-18-6-2-7-19-34)50-48(52-49)35-20-8-3-9-21-35/h1-31H. The van der Waals surface area contributed by atoms with E-state index < -0.39 is 0 Å². The molecule has 0 spiro atoms.